The second-order valence-corrected chi connectivity index (χ2v) is 6.21. The summed E-state index contributed by atoms with van der Waals surface area (Å²) in [7, 11) is 0. The van der Waals surface area contributed by atoms with Crippen molar-refractivity contribution in [3.8, 4) is 5.75 Å². The first-order valence-electron chi connectivity index (χ1n) is 8.46. The van der Waals surface area contributed by atoms with E-state index in [-0.39, 0.29) is 24.1 Å². The van der Waals surface area contributed by atoms with E-state index < -0.39 is 11.6 Å². The van der Waals surface area contributed by atoms with Gasteiger partial charge in [-0.05, 0) is 38.1 Å². The van der Waals surface area contributed by atoms with Gasteiger partial charge in [0.1, 0.15) is 23.9 Å². The molecular formula is C19H20F2N4O2. The third-order valence-electron chi connectivity index (χ3n) is 4.17. The van der Waals surface area contributed by atoms with E-state index in [4.69, 9.17) is 10.5 Å². The third-order valence-corrected chi connectivity index (χ3v) is 4.17. The van der Waals surface area contributed by atoms with Gasteiger partial charge in [0.2, 0.25) is 0 Å². The van der Waals surface area contributed by atoms with Crippen LogP contribution in [0.5, 0.6) is 5.75 Å². The van der Waals surface area contributed by atoms with Crippen molar-refractivity contribution in [3.63, 3.8) is 0 Å². The fourth-order valence-electron chi connectivity index (χ4n) is 2.71. The molecule has 6 nitrogen and oxygen atoms in total. The first-order chi connectivity index (χ1) is 12.9. The molecule has 2 heterocycles. The molecule has 1 amide bonds. The number of nitrogens with one attached hydrogen (secondary N) is 1. The number of hydrogen-bond acceptors (Lipinski definition) is 4. The highest BCUT2D eigenvalue weighted by Crippen LogP contribution is 2.24. The highest BCUT2D eigenvalue weighted by Gasteiger charge is 2.20. The maximum atomic E-state index is 13.8. The Morgan fingerprint density at radius 2 is 2.00 bits per heavy atom. The summed E-state index contributed by atoms with van der Waals surface area (Å²) in [6.07, 6.45) is 1.67. The molecule has 27 heavy (non-hydrogen) atoms. The van der Waals surface area contributed by atoms with E-state index in [1.807, 2.05) is 0 Å². The number of nitrogens with two attached hydrogens (primary N) is 1. The lowest BCUT2D eigenvalue weighted by molar-refractivity contribution is 0.0934. The number of carbonyl (C=O) groups is 1. The zero-order valence-corrected chi connectivity index (χ0v) is 15.0. The number of nitrogens with zero attached hydrogens (tertiary/aromatic N) is 2. The van der Waals surface area contributed by atoms with Gasteiger partial charge in [-0.2, -0.15) is 0 Å². The van der Waals surface area contributed by atoms with Crippen LogP contribution in [0.3, 0.4) is 0 Å². The van der Waals surface area contributed by atoms with E-state index in [0.717, 1.165) is 0 Å². The first kappa shape index (κ1) is 18.8. The Kier molecular flexibility index (Phi) is 5.36. The van der Waals surface area contributed by atoms with Crippen LogP contribution >= 0.6 is 0 Å². The van der Waals surface area contributed by atoms with Crippen LogP contribution in [0, 0.1) is 18.6 Å². The van der Waals surface area contributed by atoms with Gasteiger partial charge in [-0.25, -0.2) is 13.8 Å². The van der Waals surface area contributed by atoms with E-state index in [1.165, 1.54) is 18.2 Å². The highest BCUT2D eigenvalue weighted by molar-refractivity contribution is 5.95. The quantitative estimate of drug-likeness (QED) is 0.695. The van der Waals surface area contributed by atoms with E-state index >= 15 is 0 Å². The molecule has 0 spiro atoms. The van der Waals surface area contributed by atoms with Crippen LogP contribution in [-0.2, 0) is 6.61 Å². The molecule has 0 aliphatic rings. The highest BCUT2D eigenvalue weighted by atomic mass is 19.1. The summed E-state index contributed by atoms with van der Waals surface area (Å²) in [6.45, 7) is 3.52. The zero-order valence-electron chi connectivity index (χ0n) is 15.0. The smallest absolute Gasteiger partial charge is 0.270 e. The van der Waals surface area contributed by atoms with Gasteiger partial charge in [0, 0.05) is 18.8 Å². The van der Waals surface area contributed by atoms with Gasteiger partial charge in [-0.1, -0.05) is 6.07 Å². The lowest BCUT2D eigenvalue weighted by Gasteiger charge is -2.12. The van der Waals surface area contributed by atoms with Crippen molar-refractivity contribution >= 4 is 11.6 Å². The van der Waals surface area contributed by atoms with Crippen molar-refractivity contribution in [1.29, 1.82) is 0 Å². The topological polar surface area (TPSA) is 81.7 Å². The second-order valence-electron chi connectivity index (χ2n) is 6.21. The van der Waals surface area contributed by atoms with Crippen LogP contribution in [0.1, 0.15) is 28.7 Å². The van der Waals surface area contributed by atoms with E-state index in [1.54, 1.807) is 36.6 Å². The number of imidazole rings is 1. The summed E-state index contributed by atoms with van der Waals surface area (Å²) in [5.41, 5.74) is 6.63. The summed E-state index contributed by atoms with van der Waals surface area (Å²) in [5, 5.41) is 2.79. The normalized spacial score (nSPS) is 12.2. The molecule has 3 rings (SSSR count). The van der Waals surface area contributed by atoms with Gasteiger partial charge < -0.3 is 15.8 Å². The Labute approximate surface area is 155 Å². The Morgan fingerprint density at radius 3 is 2.67 bits per heavy atom. The van der Waals surface area contributed by atoms with Crippen LogP contribution in [0.25, 0.3) is 5.65 Å². The first-order valence-corrected chi connectivity index (χ1v) is 8.46. The fraction of sp³-hybridized carbons (Fsp3) is 0.263. The SMILES string of the molecule is Cc1nc2c(OCc3c(F)cccc3F)cccn2c1C(=O)NC(C)CN. The predicted octanol–water partition coefficient (Wildman–Crippen LogP) is 2.58. The van der Waals surface area contributed by atoms with E-state index in [2.05, 4.69) is 10.3 Å². The number of benzene rings is 1. The van der Waals surface area contributed by atoms with Gasteiger partial charge in [-0.3, -0.25) is 9.20 Å². The molecule has 0 radical (unpaired) electrons. The summed E-state index contributed by atoms with van der Waals surface area (Å²) in [6, 6.07) is 6.74. The van der Waals surface area contributed by atoms with Crippen LogP contribution in [0.4, 0.5) is 8.78 Å². The number of hydrogen-bond donors (Lipinski definition) is 2. The van der Waals surface area contributed by atoms with Gasteiger partial charge in [0.05, 0.1) is 11.3 Å². The minimum Gasteiger partial charge on any atom is -0.485 e. The van der Waals surface area contributed by atoms with E-state index in [0.29, 0.717) is 29.3 Å². The molecule has 8 heteroatoms. The van der Waals surface area contributed by atoms with Crippen LogP contribution in [-0.4, -0.2) is 27.9 Å². The zero-order chi connectivity index (χ0) is 19.6. The van der Waals surface area contributed by atoms with Gasteiger partial charge in [-0.15, -0.1) is 0 Å². The van der Waals surface area contributed by atoms with Gasteiger partial charge in [0.15, 0.2) is 11.4 Å². The number of pyridine rings is 1. The molecule has 1 aromatic carbocycles. The third kappa shape index (κ3) is 3.75. The molecule has 0 aliphatic heterocycles. The molecule has 0 bridgehead atoms. The Bertz CT molecular complexity index is 967. The molecule has 0 aliphatic carbocycles. The molecule has 0 fully saturated rings. The summed E-state index contributed by atoms with van der Waals surface area (Å²) < 4.78 is 34.8. The van der Waals surface area contributed by atoms with Crippen LogP contribution in [0.15, 0.2) is 36.5 Å². The maximum absolute atomic E-state index is 13.8. The number of amides is 1. The molecule has 3 N–H and O–H groups in total. The van der Waals surface area contributed by atoms with Gasteiger partial charge in [0.25, 0.3) is 5.91 Å². The number of aromatic nitrogens is 2. The monoisotopic (exact) mass is 374 g/mol. The average Bonchev–Trinajstić information content (AvgIpc) is 2.97. The minimum atomic E-state index is -0.683. The lowest BCUT2D eigenvalue weighted by Crippen LogP contribution is -2.38. The predicted molar refractivity (Wildman–Crippen MR) is 96.6 cm³/mol. The molecule has 2 aromatic heterocycles. The van der Waals surface area contributed by atoms with Crippen molar-refractivity contribution in [2.24, 2.45) is 5.73 Å². The lowest BCUT2D eigenvalue weighted by atomic mass is 10.2. The van der Waals surface area contributed by atoms with E-state index in [9.17, 15) is 13.6 Å². The molecule has 0 saturated heterocycles. The number of fused-ring (bicyclic) bond motifs is 1. The molecular weight excluding hydrogens is 354 g/mol. The average molecular weight is 374 g/mol. The van der Waals surface area contributed by atoms with Crippen molar-refractivity contribution in [2.75, 3.05) is 6.54 Å². The number of carbonyl (C=O) groups excluding carboxylic acids is 1. The number of ether oxygens (including phenoxy) is 1. The van der Waals surface area contributed by atoms with Crippen molar-refractivity contribution in [3.05, 3.63) is 65.1 Å². The maximum Gasteiger partial charge on any atom is 0.270 e. The van der Waals surface area contributed by atoms with Gasteiger partial charge >= 0.3 is 0 Å². The second kappa shape index (κ2) is 7.71. The molecule has 142 valence electrons. The van der Waals surface area contributed by atoms with Crippen molar-refractivity contribution < 1.29 is 18.3 Å². The van der Waals surface area contributed by atoms with Crippen molar-refractivity contribution in [2.45, 2.75) is 26.5 Å². The molecule has 1 unspecified atom stereocenters. The number of aryl methyl sites for hydroxylation is 1. The minimum absolute atomic E-state index is 0.169. The summed E-state index contributed by atoms with van der Waals surface area (Å²) in [4.78, 5) is 16.9. The van der Waals surface area contributed by atoms with Crippen LogP contribution in [0.2, 0.25) is 0 Å². The summed E-state index contributed by atoms with van der Waals surface area (Å²) in [5.74, 6) is -1.36. The Balaban J connectivity index is 1.92. The number of halogens is 2. The molecule has 0 saturated carbocycles. The molecule has 3 aromatic rings. The van der Waals surface area contributed by atoms with Crippen molar-refractivity contribution in [1.82, 2.24) is 14.7 Å². The van der Waals surface area contributed by atoms with Crippen LogP contribution < -0.4 is 15.8 Å². The number of rotatable bonds is 6. The Morgan fingerprint density at radius 1 is 1.30 bits per heavy atom. The fourth-order valence-corrected chi connectivity index (χ4v) is 2.71. The largest absolute Gasteiger partial charge is 0.485 e. The molecule has 1 atom stereocenters. The standard InChI is InChI=1S/C19H20F2N4O2/c1-11(9-22)23-19(26)17-12(2)24-18-16(7-4-8-25(17)18)27-10-13-14(20)5-3-6-15(13)21/h3-8,11H,9-10,22H2,1-2H3,(H,23,26). The Hall–Kier alpha value is -3.00. The summed E-state index contributed by atoms with van der Waals surface area (Å²) >= 11 is 0.